The Morgan fingerprint density at radius 1 is 1.29 bits per heavy atom. The fourth-order valence-electron chi connectivity index (χ4n) is 2.33. The standard InChI is InChI=1S/C12H16ClNO2S/c13-10-17(15,16)14-8-4-7-12(14)9-11-5-2-1-3-6-11/h1-3,5-6,12H,4,7-10H2. The third-order valence-electron chi connectivity index (χ3n) is 3.13. The van der Waals surface area contributed by atoms with Gasteiger partial charge in [0.05, 0.1) is 0 Å². The maximum Gasteiger partial charge on any atom is 0.228 e. The molecule has 2 rings (SSSR count). The van der Waals surface area contributed by atoms with Gasteiger partial charge in [0, 0.05) is 12.6 Å². The molecule has 3 nitrogen and oxygen atoms in total. The summed E-state index contributed by atoms with van der Waals surface area (Å²) in [5.41, 5.74) is 1.18. The lowest BCUT2D eigenvalue weighted by Gasteiger charge is -2.22. The van der Waals surface area contributed by atoms with Crippen LogP contribution in [0.15, 0.2) is 30.3 Å². The van der Waals surface area contributed by atoms with Crippen molar-refractivity contribution in [3.63, 3.8) is 0 Å². The van der Waals surface area contributed by atoms with Crippen LogP contribution in [0.25, 0.3) is 0 Å². The zero-order chi connectivity index (χ0) is 12.3. The van der Waals surface area contributed by atoms with Crippen LogP contribution in [0.2, 0.25) is 0 Å². The van der Waals surface area contributed by atoms with E-state index in [4.69, 9.17) is 11.6 Å². The molecule has 0 aliphatic carbocycles. The summed E-state index contributed by atoms with van der Waals surface area (Å²) in [7, 11) is -3.27. The van der Waals surface area contributed by atoms with Crippen molar-refractivity contribution in [1.29, 1.82) is 0 Å². The van der Waals surface area contributed by atoms with Crippen LogP contribution in [0.5, 0.6) is 0 Å². The van der Waals surface area contributed by atoms with E-state index in [0.29, 0.717) is 6.54 Å². The lowest BCUT2D eigenvalue weighted by atomic mass is 10.1. The summed E-state index contributed by atoms with van der Waals surface area (Å²) in [6.45, 7) is 0.604. The molecule has 17 heavy (non-hydrogen) atoms. The molecule has 0 spiro atoms. The second-order valence-corrected chi connectivity index (χ2v) is 6.82. The van der Waals surface area contributed by atoms with Gasteiger partial charge in [0.1, 0.15) is 5.21 Å². The molecule has 5 heteroatoms. The van der Waals surface area contributed by atoms with Crippen LogP contribution >= 0.6 is 11.6 Å². The molecule has 0 radical (unpaired) electrons. The van der Waals surface area contributed by atoms with E-state index in [0.717, 1.165) is 19.3 Å². The molecule has 1 aliphatic rings. The van der Waals surface area contributed by atoms with Crippen molar-refractivity contribution < 1.29 is 8.42 Å². The lowest BCUT2D eigenvalue weighted by Crippen LogP contribution is -2.37. The summed E-state index contributed by atoms with van der Waals surface area (Å²) in [6, 6.07) is 10.1. The van der Waals surface area contributed by atoms with Crippen LogP contribution in [0.4, 0.5) is 0 Å². The Balaban J connectivity index is 2.11. The lowest BCUT2D eigenvalue weighted by molar-refractivity contribution is 0.388. The molecular weight excluding hydrogens is 258 g/mol. The van der Waals surface area contributed by atoms with Gasteiger partial charge in [-0.15, -0.1) is 11.6 Å². The smallest absolute Gasteiger partial charge is 0.211 e. The van der Waals surface area contributed by atoms with Crippen molar-refractivity contribution in [2.45, 2.75) is 25.3 Å². The summed E-state index contributed by atoms with van der Waals surface area (Å²) >= 11 is 5.51. The number of benzene rings is 1. The van der Waals surface area contributed by atoms with Gasteiger partial charge in [-0.3, -0.25) is 0 Å². The molecule has 1 saturated heterocycles. The van der Waals surface area contributed by atoms with E-state index in [1.54, 1.807) is 4.31 Å². The van der Waals surface area contributed by atoms with Crippen LogP contribution in [0.1, 0.15) is 18.4 Å². The molecule has 0 bridgehead atoms. The van der Waals surface area contributed by atoms with Crippen molar-refractivity contribution in [1.82, 2.24) is 4.31 Å². The Morgan fingerprint density at radius 3 is 2.65 bits per heavy atom. The first kappa shape index (κ1) is 12.9. The third kappa shape index (κ3) is 3.00. The normalized spacial score (nSPS) is 21.8. The minimum atomic E-state index is -3.27. The topological polar surface area (TPSA) is 37.4 Å². The molecule has 1 atom stereocenters. The third-order valence-corrected chi connectivity index (χ3v) is 5.43. The summed E-state index contributed by atoms with van der Waals surface area (Å²) in [4.78, 5) is 0. The fourth-order valence-corrected chi connectivity index (χ4v) is 3.87. The zero-order valence-corrected chi connectivity index (χ0v) is 11.1. The van der Waals surface area contributed by atoms with Crippen LogP contribution in [0, 0.1) is 0 Å². The van der Waals surface area contributed by atoms with Crippen LogP contribution < -0.4 is 0 Å². The number of hydrogen-bond acceptors (Lipinski definition) is 2. The van der Waals surface area contributed by atoms with E-state index in [1.807, 2.05) is 30.3 Å². The quantitative estimate of drug-likeness (QED) is 0.789. The Labute approximate surface area is 107 Å². The average Bonchev–Trinajstić information content (AvgIpc) is 2.79. The largest absolute Gasteiger partial charge is 0.228 e. The van der Waals surface area contributed by atoms with Crippen molar-refractivity contribution in [2.24, 2.45) is 0 Å². The summed E-state index contributed by atoms with van der Waals surface area (Å²) in [5.74, 6) is 0. The first-order valence-corrected chi connectivity index (χ1v) is 7.87. The van der Waals surface area contributed by atoms with E-state index < -0.39 is 10.0 Å². The Hall–Kier alpha value is -0.580. The van der Waals surface area contributed by atoms with Gasteiger partial charge in [-0.1, -0.05) is 30.3 Å². The van der Waals surface area contributed by atoms with Gasteiger partial charge in [-0.25, -0.2) is 8.42 Å². The van der Waals surface area contributed by atoms with Gasteiger partial charge in [-0.05, 0) is 24.8 Å². The van der Waals surface area contributed by atoms with E-state index in [2.05, 4.69) is 0 Å². The first-order chi connectivity index (χ1) is 8.13. The van der Waals surface area contributed by atoms with Crippen molar-refractivity contribution in [3.8, 4) is 0 Å². The molecule has 1 aromatic rings. The molecular formula is C12H16ClNO2S. The Morgan fingerprint density at radius 2 is 2.00 bits per heavy atom. The van der Waals surface area contributed by atoms with Crippen LogP contribution in [0.3, 0.4) is 0 Å². The highest BCUT2D eigenvalue weighted by Crippen LogP contribution is 2.24. The van der Waals surface area contributed by atoms with Gasteiger partial charge in [-0.2, -0.15) is 4.31 Å². The highest BCUT2D eigenvalue weighted by atomic mass is 35.5. The number of halogens is 1. The van der Waals surface area contributed by atoms with Gasteiger partial charge in [0.25, 0.3) is 0 Å². The number of alkyl halides is 1. The number of sulfonamides is 1. The molecule has 1 heterocycles. The fraction of sp³-hybridized carbons (Fsp3) is 0.500. The molecule has 1 aliphatic heterocycles. The van der Waals surface area contributed by atoms with E-state index >= 15 is 0 Å². The average molecular weight is 274 g/mol. The van der Waals surface area contributed by atoms with E-state index in [1.165, 1.54) is 5.56 Å². The monoisotopic (exact) mass is 273 g/mol. The molecule has 94 valence electrons. The first-order valence-electron chi connectivity index (χ1n) is 5.73. The molecule has 1 fully saturated rings. The number of nitrogens with zero attached hydrogens (tertiary/aromatic N) is 1. The molecule has 1 aromatic carbocycles. The minimum absolute atomic E-state index is 0.0705. The number of rotatable bonds is 4. The van der Waals surface area contributed by atoms with Gasteiger partial charge in [0.2, 0.25) is 10.0 Å². The SMILES string of the molecule is O=S(=O)(CCl)N1CCCC1Cc1ccccc1. The van der Waals surface area contributed by atoms with Gasteiger partial charge >= 0.3 is 0 Å². The predicted octanol–water partition coefficient (Wildman–Crippen LogP) is 2.22. The molecule has 1 unspecified atom stereocenters. The molecule has 0 aromatic heterocycles. The van der Waals surface area contributed by atoms with Gasteiger partial charge < -0.3 is 0 Å². The van der Waals surface area contributed by atoms with Gasteiger partial charge in [0.15, 0.2) is 0 Å². The maximum absolute atomic E-state index is 11.8. The van der Waals surface area contributed by atoms with Crippen LogP contribution in [-0.4, -0.2) is 30.5 Å². The highest BCUT2D eigenvalue weighted by molar-refractivity contribution is 7.90. The van der Waals surface area contributed by atoms with Crippen LogP contribution in [-0.2, 0) is 16.4 Å². The minimum Gasteiger partial charge on any atom is -0.211 e. The van der Waals surface area contributed by atoms with Crippen molar-refractivity contribution in [2.75, 3.05) is 11.8 Å². The molecule has 0 amide bonds. The zero-order valence-electron chi connectivity index (χ0n) is 9.55. The summed E-state index contributed by atoms with van der Waals surface area (Å²) < 4.78 is 25.2. The molecule has 0 saturated carbocycles. The number of hydrogen-bond donors (Lipinski definition) is 0. The predicted molar refractivity (Wildman–Crippen MR) is 69.5 cm³/mol. The second kappa shape index (κ2) is 5.38. The maximum atomic E-state index is 11.8. The van der Waals surface area contributed by atoms with Crippen molar-refractivity contribution in [3.05, 3.63) is 35.9 Å². The second-order valence-electron chi connectivity index (χ2n) is 4.32. The summed E-state index contributed by atoms with van der Waals surface area (Å²) in [5, 5.41) is -0.321. The van der Waals surface area contributed by atoms with E-state index in [9.17, 15) is 8.42 Å². The molecule has 0 N–H and O–H groups in total. The van der Waals surface area contributed by atoms with E-state index in [-0.39, 0.29) is 11.3 Å². The summed E-state index contributed by atoms with van der Waals surface area (Å²) in [6.07, 6.45) is 2.62. The Bertz CT molecular complexity index is 461. The Kier molecular flexibility index (Phi) is 4.07. The highest BCUT2D eigenvalue weighted by Gasteiger charge is 2.33. The van der Waals surface area contributed by atoms with Crippen molar-refractivity contribution >= 4 is 21.6 Å².